The zero-order valence-electron chi connectivity index (χ0n) is 34.6. The normalized spacial score (nSPS) is 12.8. The average molecular weight is 816 g/mol. The number of hydrogen-bond acceptors (Lipinski definition) is 4. The van der Waals surface area contributed by atoms with Gasteiger partial charge in [0.1, 0.15) is 5.82 Å². The lowest BCUT2D eigenvalue weighted by Gasteiger charge is -2.31. The van der Waals surface area contributed by atoms with Crippen LogP contribution in [0.1, 0.15) is 22.3 Å². The van der Waals surface area contributed by atoms with Gasteiger partial charge in [-0.3, -0.25) is 4.57 Å². The van der Waals surface area contributed by atoms with Crippen molar-refractivity contribution in [2.45, 2.75) is 5.41 Å². The first-order valence-electron chi connectivity index (χ1n) is 21.7. The van der Waals surface area contributed by atoms with Gasteiger partial charge in [0.25, 0.3) is 0 Å². The molecule has 13 rings (SSSR count). The molecule has 2 heterocycles. The molecule has 2 aromatic heterocycles. The van der Waals surface area contributed by atoms with Crippen molar-refractivity contribution in [3.8, 4) is 84.6 Å². The van der Waals surface area contributed by atoms with Crippen LogP contribution in [0.2, 0.25) is 0 Å². The summed E-state index contributed by atoms with van der Waals surface area (Å²) in [5.74, 6) is 2.83. The molecule has 0 unspecified atom stereocenters. The zero-order valence-corrected chi connectivity index (χ0v) is 34.6. The summed E-state index contributed by atoms with van der Waals surface area (Å²) in [5, 5.41) is 0. The lowest BCUT2D eigenvalue weighted by Crippen LogP contribution is -2.26. The number of nitrogens with zero attached hydrogens (tertiary/aromatic N) is 5. The molecule has 9 aromatic carbocycles. The van der Waals surface area contributed by atoms with Crippen LogP contribution in [0.15, 0.2) is 224 Å². The van der Waals surface area contributed by atoms with Gasteiger partial charge in [-0.1, -0.05) is 194 Å². The average Bonchev–Trinajstić information content (AvgIpc) is 4.01. The standard InChI is InChI=1S/C59H37N5/c1-4-18-38(19-5-1)55-61-56(39-20-6-2-7-21-39)63-57(62-55)42-33-35-47-46-34-32-41(36-50(46)59(51(47)37-42)48-27-13-10-25-44(48)45-26-11-14-28-49(45)59)43-24-12-16-30-53(43)64-54-31-17-15-29-52(54)60-58(64)40-22-8-3-9-23-40/h1-37H. The minimum absolute atomic E-state index is 0.604. The second kappa shape index (κ2) is 14.3. The number of para-hydroxylation sites is 3. The van der Waals surface area contributed by atoms with Crippen LogP contribution in [-0.2, 0) is 5.41 Å². The summed E-state index contributed by atoms with van der Waals surface area (Å²) in [6.07, 6.45) is 0. The van der Waals surface area contributed by atoms with E-state index < -0.39 is 5.41 Å². The molecule has 1 spiro atoms. The SMILES string of the molecule is c1ccc(-c2nc(-c3ccccc3)nc(-c3ccc4c(c3)C3(c5ccccc5-c5ccccc53)c3cc(-c5ccccc5-n5c(-c6ccccc6)nc6ccccc65)ccc3-4)n2)cc1. The van der Waals surface area contributed by atoms with Gasteiger partial charge in [0.2, 0.25) is 0 Å². The van der Waals surface area contributed by atoms with E-state index >= 15 is 0 Å². The minimum Gasteiger partial charge on any atom is -0.292 e. The van der Waals surface area contributed by atoms with E-state index in [0.717, 1.165) is 55.9 Å². The van der Waals surface area contributed by atoms with Crippen LogP contribution in [0.5, 0.6) is 0 Å². The van der Waals surface area contributed by atoms with Crippen LogP contribution in [0.3, 0.4) is 0 Å². The van der Waals surface area contributed by atoms with Gasteiger partial charge >= 0.3 is 0 Å². The van der Waals surface area contributed by atoms with Gasteiger partial charge in [-0.15, -0.1) is 0 Å². The first-order chi connectivity index (χ1) is 31.7. The largest absolute Gasteiger partial charge is 0.292 e. The summed E-state index contributed by atoms with van der Waals surface area (Å²) in [6.45, 7) is 0. The Hall–Kier alpha value is -8.54. The third kappa shape index (κ3) is 5.37. The summed E-state index contributed by atoms with van der Waals surface area (Å²) in [7, 11) is 0. The van der Waals surface area contributed by atoms with E-state index in [-0.39, 0.29) is 0 Å². The number of benzene rings is 9. The van der Waals surface area contributed by atoms with E-state index in [1.54, 1.807) is 0 Å². The van der Waals surface area contributed by atoms with Crippen LogP contribution in [0.25, 0.3) is 95.7 Å². The summed E-state index contributed by atoms with van der Waals surface area (Å²) < 4.78 is 2.33. The molecule has 2 aliphatic carbocycles. The van der Waals surface area contributed by atoms with E-state index in [0.29, 0.717) is 17.5 Å². The van der Waals surface area contributed by atoms with Crippen molar-refractivity contribution in [2.75, 3.05) is 0 Å². The molecule has 0 saturated heterocycles. The molecular formula is C59H37N5. The summed E-state index contributed by atoms with van der Waals surface area (Å²) in [5.41, 5.74) is 18.6. The van der Waals surface area contributed by atoms with Gasteiger partial charge in [-0.25, -0.2) is 19.9 Å². The topological polar surface area (TPSA) is 56.5 Å². The molecule has 298 valence electrons. The van der Waals surface area contributed by atoms with Gasteiger partial charge in [-0.05, 0) is 80.4 Å². The molecule has 0 fully saturated rings. The van der Waals surface area contributed by atoms with Crippen LogP contribution in [0, 0.1) is 0 Å². The molecule has 64 heavy (non-hydrogen) atoms. The highest BCUT2D eigenvalue weighted by Gasteiger charge is 2.52. The van der Waals surface area contributed by atoms with Crippen LogP contribution < -0.4 is 0 Å². The molecule has 5 heteroatoms. The van der Waals surface area contributed by atoms with Gasteiger partial charge in [0, 0.05) is 27.8 Å². The number of fused-ring (bicyclic) bond motifs is 11. The van der Waals surface area contributed by atoms with Gasteiger partial charge in [0.15, 0.2) is 17.5 Å². The van der Waals surface area contributed by atoms with Crippen molar-refractivity contribution in [3.63, 3.8) is 0 Å². The maximum absolute atomic E-state index is 5.21. The Labute approximate surface area is 370 Å². The lowest BCUT2D eigenvalue weighted by molar-refractivity contribution is 0.794. The Morgan fingerprint density at radius 2 is 0.734 bits per heavy atom. The number of imidazole rings is 1. The molecule has 0 atom stereocenters. The highest BCUT2D eigenvalue weighted by molar-refractivity contribution is 5.97. The first kappa shape index (κ1) is 36.1. The van der Waals surface area contributed by atoms with Crippen molar-refractivity contribution in [1.82, 2.24) is 24.5 Å². The molecular weight excluding hydrogens is 779 g/mol. The molecule has 0 saturated carbocycles. The quantitative estimate of drug-likeness (QED) is 0.168. The Bertz CT molecular complexity index is 3510. The molecule has 11 aromatic rings. The van der Waals surface area contributed by atoms with E-state index in [1.165, 1.54) is 44.5 Å². The Balaban J connectivity index is 1.05. The second-order valence-corrected chi connectivity index (χ2v) is 16.5. The fraction of sp³-hybridized carbons (Fsp3) is 0.0169. The Morgan fingerprint density at radius 3 is 1.34 bits per heavy atom. The monoisotopic (exact) mass is 815 g/mol. The summed E-state index contributed by atoms with van der Waals surface area (Å²) in [6, 6.07) is 79.9. The number of hydrogen-bond donors (Lipinski definition) is 0. The maximum Gasteiger partial charge on any atom is 0.164 e. The van der Waals surface area contributed by atoms with E-state index in [9.17, 15) is 0 Å². The second-order valence-electron chi connectivity index (χ2n) is 16.5. The molecule has 0 aliphatic heterocycles. The molecule has 2 aliphatic rings. The van der Waals surface area contributed by atoms with Crippen molar-refractivity contribution >= 4 is 11.0 Å². The van der Waals surface area contributed by atoms with Crippen LogP contribution >= 0.6 is 0 Å². The third-order valence-electron chi connectivity index (χ3n) is 13.1. The Kier molecular flexibility index (Phi) is 8.06. The fourth-order valence-electron chi connectivity index (χ4n) is 10.3. The summed E-state index contributed by atoms with van der Waals surface area (Å²) in [4.78, 5) is 20.6. The predicted octanol–water partition coefficient (Wildman–Crippen LogP) is 13.9. The summed E-state index contributed by atoms with van der Waals surface area (Å²) >= 11 is 0. The van der Waals surface area contributed by atoms with Gasteiger partial charge in [-0.2, -0.15) is 0 Å². The van der Waals surface area contributed by atoms with Gasteiger partial charge in [0.05, 0.1) is 22.1 Å². The van der Waals surface area contributed by atoms with E-state index in [4.69, 9.17) is 19.9 Å². The highest BCUT2D eigenvalue weighted by atomic mass is 15.1. The van der Waals surface area contributed by atoms with E-state index in [1.807, 2.05) is 36.4 Å². The smallest absolute Gasteiger partial charge is 0.164 e. The number of rotatable bonds is 6. The molecule has 0 N–H and O–H groups in total. The number of aromatic nitrogens is 5. The highest BCUT2D eigenvalue weighted by Crippen LogP contribution is 2.63. The minimum atomic E-state index is -0.604. The molecule has 5 nitrogen and oxygen atoms in total. The van der Waals surface area contributed by atoms with Crippen molar-refractivity contribution in [3.05, 3.63) is 247 Å². The van der Waals surface area contributed by atoms with Crippen molar-refractivity contribution < 1.29 is 0 Å². The van der Waals surface area contributed by atoms with Gasteiger partial charge < -0.3 is 0 Å². The first-order valence-corrected chi connectivity index (χ1v) is 21.7. The van der Waals surface area contributed by atoms with Crippen LogP contribution in [-0.4, -0.2) is 24.5 Å². The van der Waals surface area contributed by atoms with E-state index in [2.05, 4.69) is 193 Å². The lowest BCUT2D eigenvalue weighted by atomic mass is 9.70. The zero-order chi connectivity index (χ0) is 42.2. The van der Waals surface area contributed by atoms with Crippen molar-refractivity contribution in [2.24, 2.45) is 0 Å². The Morgan fingerprint density at radius 1 is 0.297 bits per heavy atom. The molecule has 0 radical (unpaired) electrons. The molecule has 0 amide bonds. The maximum atomic E-state index is 5.21. The molecule has 0 bridgehead atoms. The van der Waals surface area contributed by atoms with Crippen LogP contribution in [0.4, 0.5) is 0 Å². The fourth-order valence-corrected chi connectivity index (χ4v) is 10.3. The predicted molar refractivity (Wildman–Crippen MR) is 258 cm³/mol. The van der Waals surface area contributed by atoms with Crippen molar-refractivity contribution in [1.29, 1.82) is 0 Å². The third-order valence-corrected chi connectivity index (χ3v) is 13.1.